The van der Waals surface area contributed by atoms with Gasteiger partial charge in [-0.05, 0) is 57.1 Å². The van der Waals surface area contributed by atoms with Gasteiger partial charge in [0.25, 0.3) is 0 Å². The number of anilines is 1. The minimum Gasteiger partial charge on any atom is -0.349 e. The molecule has 0 N–H and O–H groups in total. The Hall–Kier alpha value is -1.43. The Morgan fingerprint density at radius 2 is 1.85 bits per heavy atom. The number of nitrogens with zero attached hydrogens (tertiary/aromatic N) is 4. The van der Waals surface area contributed by atoms with Crippen molar-refractivity contribution >= 4 is 46.4 Å². The summed E-state index contributed by atoms with van der Waals surface area (Å²) in [4.78, 5) is 12.3. The van der Waals surface area contributed by atoms with Crippen LogP contribution < -0.4 is 4.90 Å². The van der Waals surface area contributed by atoms with Gasteiger partial charge in [-0.1, -0.05) is 23.2 Å². The minimum atomic E-state index is 0.595. The smallest absolute Gasteiger partial charge is 0.166 e. The molecule has 0 unspecified atom stereocenters. The molecule has 0 spiro atoms. The van der Waals surface area contributed by atoms with E-state index in [1.54, 1.807) is 17.8 Å². The van der Waals surface area contributed by atoms with Crippen LogP contribution in [0.3, 0.4) is 0 Å². The highest BCUT2D eigenvalue weighted by molar-refractivity contribution is 7.98. The first-order valence-corrected chi connectivity index (χ1v) is 11.2. The normalized spacial score (nSPS) is 16.9. The van der Waals surface area contributed by atoms with Gasteiger partial charge in [-0.3, -0.25) is 9.38 Å². The first-order chi connectivity index (χ1) is 13.1. The fraction of sp³-hybridized carbons (Fsp3) is 0.400. The molecule has 4 nitrogen and oxygen atoms in total. The monoisotopic (exact) mass is 418 g/mol. The zero-order valence-corrected chi connectivity index (χ0v) is 17.6. The summed E-state index contributed by atoms with van der Waals surface area (Å²) < 4.78 is 2.27. The largest absolute Gasteiger partial charge is 0.349 e. The number of rotatable bonds is 5. The number of hydrogen-bond donors (Lipinski definition) is 0. The average molecular weight is 419 g/mol. The van der Waals surface area contributed by atoms with E-state index in [0.717, 1.165) is 27.6 Å². The van der Waals surface area contributed by atoms with E-state index in [2.05, 4.69) is 22.5 Å². The summed E-state index contributed by atoms with van der Waals surface area (Å²) in [5.74, 6) is 1.23. The van der Waals surface area contributed by atoms with Crippen molar-refractivity contribution in [2.24, 2.45) is 0 Å². The molecule has 2 aliphatic rings. The second-order valence-corrected chi connectivity index (χ2v) is 8.98. The van der Waals surface area contributed by atoms with Crippen LogP contribution in [0.5, 0.6) is 0 Å². The molecule has 1 aromatic carbocycles. The van der Waals surface area contributed by atoms with Crippen molar-refractivity contribution in [2.45, 2.75) is 49.7 Å². The Kier molecular flexibility index (Phi) is 4.30. The molecule has 0 atom stereocenters. The SMILES string of the molecule is CSc1nc2c(-c3ccc(Cl)cc3Cl)ncc(C)n2c1N(C1CC1)C1CC1. The molecule has 0 amide bonds. The summed E-state index contributed by atoms with van der Waals surface area (Å²) in [7, 11) is 0. The summed E-state index contributed by atoms with van der Waals surface area (Å²) in [6.45, 7) is 2.10. The molecule has 2 heterocycles. The van der Waals surface area contributed by atoms with Crippen LogP contribution in [0.2, 0.25) is 10.0 Å². The molecular weight excluding hydrogens is 399 g/mol. The maximum atomic E-state index is 6.49. The Labute approximate surface area is 172 Å². The van der Waals surface area contributed by atoms with Gasteiger partial charge in [0.2, 0.25) is 0 Å². The molecule has 2 aromatic heterocycles. The van der Waals surface area contributed by atoms with Crippen molar-refractivity contribution < 1.29 is 0 Å². The fourth-order valence-corrected chi connectivity index (χ4v) is 4.80. The molecule has 0 bridgehead atoms. The average Bonchev–Trinajstić information content (AvgIpc) is 3.55. The van der Waals surface area contributed by atoms with Crippen molar-refractivity contribution in [3.63, 3.8) is 0 Å². The van der Waals surface area contributed by atoms with E-state index in [-0.39, 0.29) is 0 Å². The van der Waals surface area contributed by atoms with Gasteiger partial charge in [-0.15, -0.1) is 11.8 Å². The van der Waals surface area contributed by atoms with Crippen molar-refractivity contribution in [1.29, 1.82) is 0 Å². The van der Waals surface area contributed by atoms with Crippen molar-refractivity contribution in [3.05, 3.63) is 40.1 Å². The highest BCUT2D eigenvalue weighted by atomic mass is 35.5. The zero-order chi connectivity index (χ0) is 18.7. The molecule has 2 fully saturated rings. The van der Waals surface area contributed by atoms with Gasteiger partial charge >= 0.3 is 0 Å². The fourth-order valence-electron chi connectivity index (χ4n) is 3.74. The molecule has 3 aromatic rings. The summed E-state index contributed by atoms with van der Waals surface area (Å²) in [6.07, 6.45) is 9.12. The summed E-state index contributed by atoms with van der Waals surface area (Å²) in [6, 6.07) is 6.84. The first-order valence-electron chi connectivity index (χ1n) is 9.24. The molecule has 2 saturated carbocycles. The van der Waals surface area contributed by atoms with E-state index in [0.29, 0.717) is 22.1 Å². The Morgan fingerprint density at radius 1 is 1.15 bits per heavy atom. The third-order valence-corrected chi connectivity index (χ3v) is 6.48. The molecule has 0 radical (unpaired) electrons. The van der Waals surface area contributed by atoms with Crippen molar-refractivity contribution in [1.82, 2.24) is 14.4 Å². The number of thioether (sulfide) groups is 1. The lowest BCUT2D eigenvalue weighted by atomic mass is 10.1. The molecule has 5 rings (SSSR count). The number of hydrogen-bond acceptors (Lipinski definition) is 4. The number of aryl methyl sites for hydroxylation is 1. The number of imidazole rings is 1. The lowest BCUT2D eigenvalue weighted by molar-refractivity contribution is 0.753. The van der Waals surface area contributed by atoms with Crippen LogP contribution >= 0.6 is 35.0 Å². The maximum Gasteiger partial charge on any atom is 0.166 e. The van der Waals surface area contributed by atoms with Gasteiger partial charge in [-0.25, -0.2) is 4.98 Å². The molecule has 140 valence electrons. The van der Waals surface area contributed by atoms with Crippen LogP contribution in [0.1, 0.15) is 31.4 Å². The van der Waals surface area contributed by atoms with E-state index in [1.165, 1.54) is 31.5 Å². The summed E-state index contributed by atoms with van der Waals surface area (Å²) in [5.41, 5.74) is 3.62. The van der Waals surface area contributed by atoms with Crippen LogP contribution in [-0.4, -0.2) is 32.7 Å². The number of halogens is 2. The minimum absolute atomic E-state index is 0.595. The second kappa shape index (κ2) is 6.57. The molecular formula is C20H20Cl2N4S. The summed E-state index contributed by atoms with van der Waals surface area (Å²) >= 11 is 14.3. The third kappa shape index (κ3) is 3.00. The molecule has 7 heteroatoms. The standard InChI is InChI=1S/C20H20Cl2N4S/c1-11-10-23-17(15-8-3-12(21)9-16(15)22)18-24-19(27-2)20(25(11)18)26(13-4-5-13)14-6-7-14/h3,8-10,13-14H,4-7H2,1-2H3. The van der Waals surface area contributed by atoms with Crippen molar-refractivity contribution in [3.8, 4) is 11.3 Å². The third-order valence-electron chi connectivity index (χ3n) is 5.27. The molecule has 2 aliphatic carbocycles. The Morgan fingerprint density at radius 3 is 2.44 bits per heavy atom. The lowest BCUT2D eigenvalue weighted by Gasteiger charge is -2.25. The number of aromatic nitrogens is 3. The van der Waals surface area contributed by atoms with Gasteiger partial charge in [0.05, 0.1) is 5.02 Å². The van der Waals surface area contributed by atoms with Crippen LogP contribution in [0, 0.1) is 6.92 Å². The predicted octanol–water partition coefficient (Wildman–Crippen LogP) is 5.86. The predicted molar refractivity (Wildman–Crippen MR) is 113 cm³/mol. The van der Waals surface area contributed by atoms with E-state index in [1.807, 2.05) is 18.3 Å². The molecule has 27 heavy (non-hydrogen) atoms. The van der Waals surface area contributed by atoms with Gasteiger partial charge in [0, 0.05) is 34.6 Å². The van der Waals surface area contributed by atoms with Crippen LogP contribution in [0.15, 0.2) is 29.4 Å². The highest BCUT2D eigenvalue weighted by Crippen LogP contribution is 2.45. The second-order valence-electron chi connectivity index (χ2n) is 7.35. The van der Waals surface area contributed by atoms with Gasteiger partial charge < -0.3 is 4.90 Å². The van der Waals surface area contributed by atoms with Crippen LogP contribution in [0.4, 0.5) is 5.82 Å². The van der Waals surface area contributed by atoms with E-state index >= 15 is 0 Å². The van der Waals surface area contributed by atoms with E-state index < -0.39 is 0 Å². The zero-order valence-electron chi connectivity index (χ0n) is 15.2. The summed E-state index contributed by atoms with van der Waals surface area (Å²) in [5, 5.41) is 2.28. The highest BCUT2D eigenvalue weighted by Gasteiger charge is 2.42. The van der Waals surface area contributed by atoms with Crippen LogP contribution in [0.25, 0.3) is 16.9 Å². The Bertz CT molecular complexity index is 1030. The Balaban J connectivity index is 1.77. The molecule has 0 saturated heterocycles. The van der Waals surface area contributed by atoms with Gasteiger partial charge in [0.15, 0.2) is 5.65 Å². The van der Waals surface area contributed by atoms with Gasteiger partial charge in [0.1, 0.15) is 16.5 Å². The quantitative estimate of drug-likeness (QED) is 0.485. The van der Waals surface area contributed by atoms with Crippen LogP contribution in [-0.2, 0) is 0 Å². The van der Waals surface area contributed by atoms with Crippen molar-refractivity contribution in [2.75, 3.05) is 11.2 Å². The number of fused-ring (bicyclic) bond motifs is 1. The lowest BCUT2D eigenvalue weighted by Crippen LogP contribution is -2.30. The molecule has 0 aliphatic heterocycles. The van der Waals surface area contributed by atoms with Gasteiger partial charge in [-0.2, -0.15) is 0 Å². The topological polar surface area (TPSA) is 33.4 Å². The van der Waals surface area contributed by atoms with E-state index in [4.69, 9.17) is 33.2 Å². The first kappa shape index (κ1) is 17.7. The number of benzene rings is 1. The van der Waals surface area contributed by atoms with E-state index in [9.17, 15) is 0 Å². The maximum absolute atomic E-state index is 6.49.